The summed E-state index contributed by atoms with van der Waals surface area (Å²) in [5, 5.41) is 10.2. The summed E-state index contributed by atoms with van der Waals surface area (Å²) in [5.74, 6) is -1.61. The average Bonchev–Trinajstić information content (AvgIpc) is 3.24. The quantitative estimate of drug-likeness (QED) is 0.610. The summed E-state index contributed by atoms with van der Waals surface area (Å²) in [5.41, 5.74) is 0.493. The van der Waals surface area contributed by atoms with E-state index in [0.717, 1.165) is 4.90 Å². The molecule has 0 radical (unpaired) electrons. The Morgan fingerprint density at radius 3 is 2.46 bits per heavy atom. The van der Waals surface area contributed by atoms with E-state index in [4.69, 9.17) is 9.47 Å². The monoisotopic (exact) mass is 478 g/mol. The summed E-state index contributed by atoms with van der Waals surface area (Å²) in [6.45, 7) is 5.85. The molecule has 0 bridgehead atoms. The average molecular weight is 479 g/mol. The maximum atomic E-state index is 13.4. The third kappa shape index (κ3) is 4.53. The second kappa shape index (κ2) is 9.92. The van der Waals surface area contributed by atoms with E-state index in [9.17, 15) is 19.5 Å². The molecule has 1 spiro atoms. The van der Waals surface area contributed by atoms with Gasteiger partial charge in [-0.05, 0) is 36.5 Å². The molecule has 1 saturated heterocycles. The first-order chi connectivity index (χ1) is 16.8. The number of aliphatic carboxylic acids is 1. The Morgan fingerprint density at radius 2 is 1.80 bits per heavy atom. The molecule has 4 rings (SSSR count). The predicted molar refractivity (Wildman–Crippen MR) is 128 cm³/mol. The molecule has 8 nitrogen and oxygen atoms in total. The van der Waals surface area contributed by atoms with Gasteiger partial charge in [-0.3, -0.25) is 9.69 Å². The van der Waals surface area contributed by atoms with Crippen LogP contribution in [0, 0.1) is 0 Å². The molecule has 1 atom stereocenters. The molecule has 2 heterocycles. The van der Waals surface area contributed by atoms with Gasteiger partial charge in [-0.25, -0.2) is 9.59 Å². The number of likely N-dealkylation sites (tertiary alicyclic amines) is 1. The van der Waals surface area contributed by atoms with E-state index in [1.165, 1.54) is 24.1 Å². The van der Waals surface area contributed by atoms with Gasteiger partial charge in [0.1, 0.15) is 13.2 Å². The lowest BCUT2D eigenvalue weighted by atomic mass is 9.84. The van der Waals surface area contributed by atoms with Crippen LogP contribution in [0.25, 0.3) is 0 Å². The van der Waals surface area contributed by atoms with Crippen LogP contribution >= 0.6 is 0 Å². The largest absolute Gasteiger partial charge is 0.479 e. The summed E-state index contributed by atoms with van der Waals surface area (Å²) < 4.78 is 11.4. The summed E-state index contributed by atoms with van der Waals surface area (Å²) >= 11 is 0. The fourth-order valence-electron chi connectivity index (χ4n) is 4.92. The van der Waals surface area contributed by atoms with Gasteiger partial charge in [-0.15, -0.1) is 0 Å². The zero-order chi connectivity index (χ0) is 25.1. The van der Waals surface area contributed by atoms with E-state index in [0.29, 0.717) is 38.1 Å². The van der Waals surface area contributed by atoms with E-state index in [-0.39, 0.29) is 12.5 Å². The van der Waals surface area contributed by atoms with Gasteiger partial charge in [0.15, 0.2) is 5.54 Å². The van der Waals surface area contributed by atoms with Crippen molar-refractivity contribution in [2.24, 2.45) is 0 Å². The second-order valence-corrected chi connectivity index (χ2v) is 9.02. The van der Waals surface area contributed by atoms with Crippen LogP contribution in [0.15, 0.2) is 67.3 Å². The molecule has 0 unspecified atom stereocenters. The van der Waals surface area contributed by atoms with Crippen molar-refractivity contribution in [3.63, 3.8) is 0 Å². The Morgan fingerprint density at radius 1 is 1.14 bits per heavy atom. The van der Waals surface area contributed by atoms with Crippen LogP contribution in [0.1, 0.15) is 36.5 Å². The summed E-state index contributed by atoms with van der Waals surface area (Å²) in [6.07, 6.45) is 1.76. The fourth-order valence-corrected chi connectivity index (χ4v) is 4.92. The molecule has 0 saturated carbocycles. The first kappa shape index (κ1) is 24.5. The van der Waals surface area contributed by atoms with E-state index >= 15 is 0 Å². The number of carbonyl (C=O) groups is 3. The van der Waals surface area contributed by atoms with Crippen LogP contribution in [0.2, 0.25) is 0 Å². The van der Waals surface area contributed by atoms with Crippen molar-refractivity contribution in [1.82, 2.24) is 9.80 Å². The van der Waals surface area contributed by atoms with Crippen molar-refractivity contribution in [1.29, 1.82) is 0 Å². The van der Waals surface area contributed by atoms with Gasteiger partial charge in [0.05, 0.1) is 12.2 Å². The first-order valence-electron chi connectivity index (χ1n) is 11.7. The van der Waals surface area contributed by atoms with Crippen molar-refractivity contribution >= 4 is 18.0 Å². The van der Waals surface area contributed by atoms with Crippen molar-refractivity contribution in [2.75, 3.05) is 26.2 Å². The zero-order valence-corrected chi connectivity index (χ0v) is 19.8. The van der Waals surface area contributed by atoms with Crippen LogP contribution in [0.3, 0.4) is 0 Å². The van der Waals surface area contributed by atoms with Gasteiger partial charge < -0.3 is 19.5 Å². The minimum atomic E-state index is -1.81. The fraction of sp³-hybridized carbons (Fsp3) is 0.370. The Hall–Kier alpha value is -3.65. The van der Waals surface area contributed by atoms with Gasteiger partial charge in [0.2, 0.25) is 5.91 Å². The molecule has 184 valence electrons. The second-order valence-electron chi connectivity index (χ2n) is 9.02. The zero-order valence-electron chi connectivity index (χ0n) is 19.8. The molecule has 0 aromatic heterocycles. The maximum Gasteiger partial charge on any atom is 0.411 e. The molecule has 0 aliphatic carbocycles. The van der Waals surface area contributed by atoms with E-state index in [1.54, 1.807) is 35.2 Å². The van der Waals surface area contributed by atoms with E-state index < -0.39 is 29.7 Å². The van der Waals surface area contributed by atoms with Crippen molar-refractivity contribution in [3.05, 3.63) is 83.9 Å². The van der Waals surface area contributed by atoms with Gasteiger partial charge in [-0.1, -0.05) is 67.3 Å². The van der Waals surface area contributed by atoms with Gasteiger partial charge in [0.25, 0.3) is 0 Å². The number of benzene rings is 2. The maximum absolute atomic E-state index is 13.4. The van der Waals surface area contributed by atoms with Gasteiger partial charge in [-0.2, -0.15) is 0 Å². The third-order valence-electron chi connectivity index (χ3n) is 7.07. The minimum Gasteiger partial charge on any atom is -0.479 e. The molecule has 2 aromatic carbocycles. The normalized spacial score (nSPS) is 17.8. The lowest BCUT2D eigenvalue weighted by molar-refractivity contribution is -0.152. The Labute approximate surface area is 204 Å². The molecule has 2 aromatic rings. The molecule has 8 heteroatoms. The highest BCUT2D eigenvalue weighted by atomic mass is 16.6. The highest BCUT2D eigenvalue weighted by Crippen LogP contribution is 2.44. The summed E-state index contributed by atoms with van der Waals surface area (Å²) in [6, 6.07) is 16.5. The standard InChI is InChI=1S/C27H30N2O6/c1-3-17-34-25(33)29(26(2,24(31)32)21-10-5-4-6-11-21)18-23(30)28-15-13-27(14-16-28)22-12-8-7-9-20(22)19-35-27/h3-12H,1,13-19H2,2H3,(H,31,32)/t26-/m1/s1. The summed E-state index contributed by atoms with van der Waals surface area (Å²) in [7, 11) is 0. The van der Waals surface area contributed by atoms with Gasteiger partial charge in [0, 0.05) is 13.1 Å². The lowest BCUT2D eigenvalue weighted by Gasteiger charge is -2.41. The number of nitrogens with zero attached hydrogens (tertiary/aromatic N) is 2. The SMILES string of the molecule is C=CCOC(=O)N(CC(=O)N1CCC2(CC1)OCc1ccccc12)[C@@](C)(C(=O)O)c1ccccc1. The Bertz CT molecular complexity index is 1110. The lowest BCUT2D eigenvalue weighted by Crippen LogP contribution is -2.57. The number of rotatable bonds is 7. The number of ether oxygens (including phenoxy) is 2. The topological polar surface area (TPSA) is 96.4 Å². The number of fused-ring (bicyclic) bond motifs is 2. The Balaban J connectivity index is 1.54. The molecular formula is C27H30N2O6. The highest BCUT2D eigenvalue weighted by molar-refractivity contribution is 5.89. The van der Waals surface area contributed by atoms with Gasteiger partial charge >= 0.3 is 12.1 Å². The Kier molecular flexibility index (Phi) is 6.93. The molecule has 2 aliphatic rings. The number of carbonyl (C=O) groups excluding carboxylic acids is 2. The number of carboxylic acid groups (broad SMARTS) is 1. The predicted octanol–water partition coefficient (Wildman–Crippen LogP) is 3.66. The van der Waals surface area contributed by atoms with Crippen LogP contribution in [0.5, 0.6) is 0 Å². The van der Waals surface area contributed by atoms with Crippen LogP contribution < -0.4 is 0 Å². The van der Waals surface area contributed by atoms with Crippen LogP contribution in [-0.4, -0.2) is 59.1 Å². The molecule has 2 amide bonds. The highest BCUT2D eigenvalue weighted by Gasteiger charge is 2.47. The number of amides is 2. The molecule has 1 N–H and O–H groups in total. The van der Waals surface area contributed by atoms with Crippen molar-refractivity contribution < 1.29 is 29.0 Å². The van der Waals surface area contributed by atoms with Crippen molar-refractivity contribution in [3.8, 4) is 0 Å². The molecule has 1 fully saturated rings. The number of hydrogen-bond donors (Lipinski definition) is 1. The number of piperidine rings is 1. The van der Waals surface area contributed by atoms with E-state index in [1.807, 2.05) is 12.1 Å². The van der Waals surface area contributed by atoms with E-state index in [2.05, 4.69) is 18.7 Å². The van der Waals surface area contributed by atoms with Crippen LogP contribution in [0.4, 0.5) is 4.79 Å². The minimum absolute atomic E-state index is 0.100. The summed E-state index contributed by atoms with van der Waals surface area (Å²) in [4.78, 5) is 41.5. The van der Waals surface area contributed by atoms with Crippen LogP contribution in [-0.2, 0) is 36.8 Å². The smallest absolute Gasteiger partial charge is 0.411 e. The molecule has 35 heavy (non-hydrogen) atoms. The molecule has 2 aliphatic heterocycles. The molecular weight excluding hydrogens is 448 g/mol. The third-order valence-corrected chi connectivity index (χ3v) is 7.07. The number of hydrogen-bond acceptors (Lipinski definition) is 5. The first-order valence-corrected chi connectivity index (χ1v) is 11.7. The number of carboxylic acids is 1. The van der Waals surface area contributed by atoms with Crippen molar-refractivity contribution in [2.45, 2.75) is 37.5 Å².